The van der Waals surface area contributed by atoms with Gasteiger partial charge in [0, 0.05) is 55.8 Å². The number of hydrogen-bond donors (Lipinski definition) is 0. The van der Waals surface area contributed by atoms with Crippen molar-refractivity contribution in [3.63, 3.8) is 0 Å². The molecule has 4 aliphatic carbocycles. The largest absolute Gasteiger partial charge is 0.310 e. The molecule has 0 amide bonds. The molecule has 0 atom stereocenters. The highest BCUT2D eigenvalue weighted by Gasteiger charge is 2.41. The van der Waals surface area contributed by atoms with Gasteiger partial charge in [-0.15, -0.1) is 0 Å². The van der Waals surface area contributed by atoms with E-state index in [1.807, 2.05) is 0 Å². The molecule has 0 heterocycles. The summed E-state index contributed by atoms with van der Waals surface area (Å²) >= 11 is 0. The molecule has 4 aliphatic rings. The second kappa shape index (κ2) is 21.5. The van der Waals surface area contributed by atoms with Gasteiger partial charge in [-0.2, -0.15) is 0 Å². The fraction of sp³-hybridized carbons (Fsp3) is 0.172. The third-order valence-corrected chi connectivity index (χ3v) is 24.2. The summed E-state index contributed by atoms with van der Waals surface area (Å²) in [6.07, 6.45) is 0. The smallest absolute Gasteiger partial charge is 0.0468 e. The molecular formula is C99H82N2. The number of anilines is 6. The Morgan fingerprint density at radius 3 is 1.03 bits per heavy atom. The highest BCUT2D eigenvalue weighted by Crippen LogP contribution is 2.59. The minimum atomic E-state index is -0.240. The van der Waals surface area contributed by atoms with Gasteiger partial charge in [-0.3, -0.25) is 0 Å². The van der Waals surface area contributed by atoms with Crippen molar-refractivity contribution < 1.29 is 0 Å². The molecule has 15 aromatic rings. The van der Waals surface area contributed by atoms with E-state index >= 15 is 0 Å². The van der Waals surface area contributed by atoms with Gasteiger partial charge in [0.2, 0.25) is 0 Å². The van der Waals surface area contributed by atoms with Crippen molar-refractivity contribution >= 4 is 77.2 Å². The predicted molar refractivity (Wildman–Crippen MR) is 430 cm³/mol. The van der Waals surface area contributed by atoms with Gasteiger partial charge in [-0.25, -0.2) is 0 Å². The third kappa shape index (κ3) is 8.89. The summed E-state index contributed by atoms with van der Waals surface area (Å²) in [5, 5.41) is 9.97. The molecule has 2 heteroatoms. The van der Waals surface area contributed by atoms with E-state index in [1.165, 1.54) is 165 Å². The molecule has 0 saturated carbocycles. The Labute approximate surface area is 594 Å². The molecule has 15 aromatic carbocycles. The fourth-order valence-electron chi connectivity index (χ4n) is 18.8. The first-order valence-electron chi connectivity index (χ1n) is 36.3. The lowest BCUT2D eigenvalue weighted by atomic mass is 9.79. The van der Waals surface area contributed by atoms with Gasteiger partial charge in [-0.05, 0) is 257 Å². The van der Waals surface area contributed by atoms with Crippen molar-refractivity contribution in [2.75, 3.05) is 9.80 Å². The Bertz CT molecular complexity index is 6060. The van der Waals surface area contributed by atoms with Crippen LogP contribution in [-0.2, 0) is 27.1 Å². The number of hydrogen-bond acceptors (Lipinski definition) is 2. The molecule has 0 saturated heterocycles. The minimum Gasteiger partial charge on any atom is -0.310 e. The molecule has 0 aliphatic heterocycles. The van der Waals surface area contributed by atoms with Crippen molar-refractivity contribution in [1.82, 2.24) is 0 Å². The number of fused-ring (bicyclic) bond motifs is 18. The molecule has 0 N–H and O–H groups in total. The summed E-state index contributed by atoms with van der Waals surface area (Å²) < 4.78 is 0. The standard InChI is InChI=1S/C99H82N2/c1-59-29-37-65(38-30-59)100(69-43-49-79-89(57-69)98(9,10)85-51-33-60-21-13-15-23-71(60)93(79)85)67-41-47-77-81(55-67)91(62-31-45-75-73-25-17-19-27-83(73)96(5,6)87(75)53-62)78-48-42-68(56-82(78)92(77)63-32-46-76-74-26-18-20-28-84(74)97(7,8)88(76)54-63)101(66-39-35-64(36-40-66)95(2,3)4)70-44-50-80-90(58-70)99(11,12)86-52-34-61-22-14-16-24-72(61)94(80)86/h13-58H,1-12H3. The molecule has 0 bridgehead atoms. The summed E-state index contributed by atoms with van der Waals surface area (Å²) in [7, 11) is 0. The monoisotopic (exact) mass is 1300 g/mol. The molecule has 488 valence electrons. The maximum absolute atomic E-state index is 2.55. The van der Waals surface area contributed by atoms with E-state index in [0.29, 0.717) is 0 Å². The van der Waals surface area contributed by atoms with Gasteiger partial charge in [0.05, 0.1) is 0 Å². The van der Waals surface area contributed by atoms with E-state index in [1.54, 1.807) is 0 Å². The number of benzene rings is 15. The van der Waals surface area contributed by atoms with Crippen LogP contribution in [0.15, 0.2) is 279 Å². The van der Waals surface area contributed by atoms with E-state index in [0.717, 1.165) is 34.1 Å². The van der Waals surface area contributed by atoms with Gasteiger partial charge < -0.3 is 9.80 Å². The maximum atomic E-state index is 2.55. The van der Waals surface area contributed by atoms with Crippen LogP contribution in [0.1, 0.15) is 132 Å². The molecular weight excluding hydrogens is 1220 g/mol. The molecule has 0 unspecified atom stereocenters. The van der Waals surface area contributed by atoms with Gasteiger partial charge in [0.1, 0.15) is 0 Å². The Morgan fingerprint density at radius 2 is 0.584 bits per heavy atom. The first-order valence-corrected chi connectivity index (χ1v) is 36.3. The van der Waals surface area contributed by atoms with Crippen molar-refractivity contribution in [2.24, 2.45) is 0 Å². The number of nitrogens with zero attached hydrogens (tertiary/aromatic N) is 2. The van der Waals surface area contributed by atoms with Crippen LogP contribution in [0.4, 0.5) is 34.1 Å². The Hall–Kier alpha value is -11.1. The average molecular weight is 1300 g/mol. The fourth-order valence-corrected chi connectivity index (χ4v) is 18.8. The van der Waals surface area contributed by atoms with Crippen LogP contribution in [0.25, 0.3) is 110 Å². The summed E-state index contributed by atoms with van der Waals surface area (Å²) in [5.41, 5.74) is 34.6. The molecule has 101 heavy (non-hydrogen) atoms. The molecule has 0 aromatic heterocycles. The van der Waals surface area contributed by atoms with Gasteiger partial charge in [0.25, 0.3) is 0 Å². The van der Waals surface area contributed by atoms with Crippen LogP contribution in [0.2, 0.25) is 0 Å². The van der Waals surface area contributed by atoms with E-state index in [4.69, 9.17) is 0 Å². The SMILES string of the molecule is Cc1ccc(N(c2ccc3c(c2)C(C)(C)c2ccc4ccccc4c2-3)c2ccc3c(-c4ccc5c(c4)C(C)(C)c4ccccc4-5)c4cc(N(c5ccc(C(C)(C)C)cc5)c5ccc6c(c5)C(C)(C)c5ccc7ccccc7c5-6)ccc4c(-c4ccc5c(c4)C(C)(C)c4ccccc4-5)c3c2)cc1. The topological polar surface area (TPSA) is 6.48 Å². The lowest BCUT2D eigenvalue weighted by Crippen LogP contribution is -2.17. The van der Waals surface area contributed by atoms with E-state index in [2.05, 4.69) is 372 Å². The van der Waals surface area contributed by atoms with Gasteiger partial charge in [-0.1, -0.05) is 276 Å². The maximum Gasteiger partial charge on any atom is 0.0468 e. The zero-order valence-electron chi connectivity index (χ0n) is 60.0. The molecule has 0 spiro atoms. The van der Waals surface area contributed by atoms with Gasteiger partial charge >= 0.3 is 0 Å². The van der Waals surface area contributed by atoms with Gasteiger partial charge in [0.15, 0.2) is 0 Å². The lowest BCUT2D eigenvalue weighted by molar-refractivity contribution is 0.590. The summed E-state index contributed by atoms with van der Waals surface area (Å²) in [6.45, 7) is 28.5. The second-order valence-electron chi connectivity index (χ2n) is 32.5. The lowest BCUT2D eigenvalue weighted by Gasteiger charge is -2.30. The number of rotatable bonds is 8. The average Bonchev–Trinajstić information content (AvgIpc) is 1.46. The highest BCUT2D eigenvalue weighted by molar-refractivity contribution is 6.23. The van der Waals surface area contributed by atoms with Crippen LogP contribution >= 0.6 is 0 Å². The molecule has 0 radical (unpaired) electrons. The third-order valence-electron chi connectivity index (χ3n) is 24.2. The zero-order valence-corrected chi connectivity index (χ0v) is 60.0. The van der Waals surface area contributed by atoms with Crippen molar-refractivity contribution in [3.8, 4) is 66.8 Å². The van der Waals surface area contributed by atoms with Crippen LogP contribution in [-0.4, -0.2) is 0 Å². The van der Waals surface area contributed by atoms with Crippen molar-refractivity contribution in [2.45, 2.75) is 110 Å². The predicted octanol–water partition coefficient (Wildman–Crippen LogP) is 27.4. The highest BCUT2D eigenvalue weighted by atomic mass is 15.1. The van der Waals surface area contributed by atoms with Crippen LogP contribution in [0, 0.1) is 6.92 Å². The molecule has 2 nitrogen and oxygen atoms in total. The van der Waals surface area contributed by atoms with Crippen molar-refractivity contribution in [1.29, 1.82) is 0 Å². The first kappa shape index (κ1) is 61.1. The molecule has 19 rings (SSSR count). The Kier molecular flexibility index (Phi) is 13.0. The minimum absolute atomic E-state index is 0.0243. The van der Waals surface area contributed by atoms with Crippen LogP contribution in [0.5, 0.6) is 0 Å². The second-order valence-corrected chi connectivity index (χ2v) is 32.5. The molecule has 0 fully saturated rings. The van der Waals surface area contributed by atoms with E-state index in [9.17, 15) is 0 Å². The summed E-state index contributed by atoms with van der Waals surface area (Å²) in [4.78, 5) is 5.06. The Balaban J connectivity index is 0.894. The normalized spacial score (nSPS) is 15.0. The first-order chi connectivity index (χ1) is 48.6. The summed E-state index contributed by atoms with van der Waals surface area (Å²) in [6, 6.07) is 108. The van der Waals surface area contributed by atoms with E-state index in [-0.39, 0.29) is 27.1 Å². The van der Waals surface area contributed by atoms with Crippen molar-refractivity contribution in [3.05, 3.63) is 335 Å². The number of aryl methyl sites for hydroxylation is 1. The zero-order chi connectivity index (χ0) is 69.0. The van der Waals surface area contributed by atoms with E-state index < -0.39 is 0 Å². The van der Waals surface area contributed by atoms with Crippen LogP contribution < -0.4 is 9.80 Å². The summed E-state index contributed by atoms with van der Waals surface area (Å²) in [5.74, 6) is 0. The van der Waals surface area contributed by atoms with Crippen LogP contribution in [0.3, 0.4) is 0 Å². The quantitative estimate of drug-likeness (QED) is 0.140. The Morgan fingerprint density at radius 1 is 0.238 bits per heavy atom.